The van der Waals surface area contributed by atoms with Gasteiger partial charge in [0.1, 0.15) is 0 Å². The second-order valence-corrected chi connectivity index (χ2v) is 6.52. The van der Waals surface area contributed by atoms with Crippen molar-refractivity contribution in [3.63, 3.8) is 0 Å². The van der Waals surface area contributed by atoms with Gasteiger partial charge in [0.15, 0.2) is 11.5 Å². The van der Waals surface area contributed by atoms with Crippen LogP contribution < -0.4 is 14.8 Å². The van der Waals surface area contributed by atoms with Crippen molar-refractivity contribution in [3.8, 4) is 11.5 Å². The lowest BCUT2D eigenvalue weighted by atomic mass is 10.1. The first-order chi connectivity index (χ1) is 12.7. The minimum Gasteiger partial charge on any atom is -0.493 e. The van der Waals surface area contributed by atoms with Crippen LogP contribution in [0.5, 0.6) is 11.5 Å². The minimum absolute atomic E-state index is 0.0599. The fourth-order valence-electron chi connectivity index (χ4n) is 3.43. The molecule has 5 nitrogen and oxygen atoms in total. The molecule has 1 atom stereocenters. The summed E-state index contributed by atoms with van der Waals surface area (Å²) in [4.78, 5) is 15.0. The normalized spacial score (nSPS) is 17.1. The lowest BCUT2D eigenvalue weighted by molar-refractivity contribution is -0.125. The molecule has 3 rings (SSSR count). The van der Waals surface area contributed by atoms with Crippen molar-refractivity contribution in [2.24, 2.45) is 0 Å². The maximum Gasteiger partial charge on any atom is 0.237 e. The molecular formula is C21H26N2O3. The summed E-state index contributed by atoms with van der Waals surface area (Å²) in [7, 11) is 3.22. The van der Waals surface area contributed by atoms with Crippen molar-refractivity contribution in [2.75, 3.05) is 20.8 Å². The highest BCUT2D eigenvalue weighted by Crippen LogP contribution is 2.27. The highest BCUT2D eigenvalue weighted by Gasteiger charge is 2.30. The molecule has 0 spiro atoms. The summed E-state index contributed by atoms with van der Waals surface area (Å²) in [5, 5.41) is 3.07. The van der Waals surface area contributed by atoms with Crippen molar-refractivity contribution >= 4 is 5.91 Å². The summed E-state index contributed by atoms with van der Waals surface area (Å²) in [5.41, 5.74) is 2.23. The van der Waals surface area contributed by atoms with Gasteiger partial charge in [0.05, 0.1) is 20.3 Å². The Morgan fingerprint density at radius 3 is 2.58 bits per heavy atom. The fourth-order valence-corrected chi connectivity index (χ4v) is 3.43. The predicted octanol–water partition coefficient (Wildman–Crippen LogP) is 2.98. The number of likely N-dealkylation sites (tertiary alicyclic amines) is 1. The number of hydrogen-bond acceptors (Lipinski definition) is 4. The van der Waals surface area contributed by atoms with Gasteiger partial charge in [-0.1, -0.05) is 36.4 Å². The quantitative estimate of drug-likeness (QED) is 0.830. The van der Waals surface area contributed by atoms with E-state index in [0.29, 0.717) is 18.0 Å². The Labute approximate surface area is 154 Å². The number of amides is 1. The van der Waals surface area contributed by atoms with Crippen LogP contribution in [0.15, 0.2) is 48.5 Å². The van der Waals surface area contributed by atoms with E-state index in [9.17, 15) is 4.79 Å². The number of carbonyl (C=O) groups is 1. The first kappa shape index (κ1) is 18.3. The first-order valence-electron chi connectivity index (χ1n) is 8.98. The topological polar surface area (TPSA) is 50.8 Å². The molecule has 138 valence electrons. The van der Waals surface area contributed by atoms with Gasteiger partial charge < -0.3 is 14.8 Å². The molecule has 0 aliphatic carbocycles. The average Bonchev–Trinajstić information content (AvgIpc) is 3.14. The zero-order chi connectivity index (χ0) is 18.4. The van der Waals surface area contributed by atoms with Crippen molar-refractivity contribution in [1.29, 1.82) is 0 Å². The van der Waals surface area contributed by atoms with Gasteiger partial charge >= 0.3 is 0 Å². The van der Waals surface area contributed by atoms with Gasteiger partial charge in [-0.3, -0.25) is 9.69 Å². The maximum absolute atomic E-state index is 12.7. The van der Waals surface area contributed by atoms with Gasteiger partial charge in [-0.2, -0.15) is 0 Å². The van der Waals surface area contributed by atoms with Gasteiger partial charge in [0.25, 0.3) is 0 Å². The third-order valence-corrected chi connectivity index (χ3v) is 4.81. The van der Waals surface area contributed by atoms with Crippen LogP contribution in [-0.2, 0) is 17.9 Å². The number of ether oxygens (including phenoxy) is 2. The maximum atomic E-state index is 12.7. The molecule has 0 unspecified atom stereocenters. The molecule has 0 radical (unpaired) electrons. The van der Waals surface area contributed by atoms with E-state index in [-0.39, 0.29) is 11.9 Å². The lowest BCUT2D eigenvalue weighted by Crippen LogP contribution is -2.42. The van der Waals surface area contributed by atoms with Crippen LogP contribution in [0.4, 0.5) is 0 Å². The smallest absolute Gasteiger partial charge is 0.237 e. The molecule has 1 fully saturated rings. The van der Waals surface area contributed by atoms with Crippen molar-refractivity contribution in [1.82, 2.24) is 10.2 Å². The van der Waals surface area contributed by atoms with Gasteiger partial charge in [-0.15, -0.1) is 0 Å². The highest BCUT2D eigenvalue weighted by atomic mass is 16.5. The molecule has 1 aliphatic heterocycles. The Hall–Kier alpha value is -2.53. The van der Waals surface area contributed by atoms with Crippen molar-refractivity contribution in [2.45, 2.75) is 32.0 Å². The zero-order valence-corrected chi connectivity index (χ0v) is 15.4. The largest absolute Gasteiger partial charge is 0.493 e. The Balaban J connectivity index is 1.59. The molecule has 1 aliphatic rings. The average molecular weight is 354 g/mol. The molecule has 26 heavy (non-hydrogen) atoms. The van der Waals surface area contributed by atoms with Crippen LogP contribution in [0, 0.1) is 0 Å². The van der Waals surface area contributed by atoms with E-state index in [1.54, 1.807) is 14.2 Å². The number of nitrogens with zero attached hydrogens (tertiary/aromatic N) is 1. The predicted molar refractivity (Wildman–Crippen MR) is 101 cm³/mol. The molecule has 0 aromatic heterocycles. The Kier molecular flexibility index (Phi) is 6.12. The summed E-state index contributed by atoms with van der Waals surface area (Å²) < 4.78 is 10.6. The monoisotopic (exact) mass is 354 g/mol. The Morgan fingerprint density at radius 2 is 1.85 bits per heavy atom. The number of rotatable bonds is 7. The summed E-state index contributed by atoms with van der Waals surface area (Å²) in [6.07, 6.45) is 1.96. The molecule has 1 amide bonds. The highest BCUT2D eigenvalue weighted by molar-refractivity contribution is 5.82. The van der Waals surface area contributed by atoms with Crippen LogP contribution >= 0.6 is 0 Å². The summed E-state index contributed by atoms with van der Waals surface area (Å²) in [6.45, 7) is 2.26. The standard InChI is InChI=1S/C21H26N2O3/c1-25-19-11-10-17(13-20(19)26-2)14-22-21(24)18-9-6-12-23(18)15-16-7-4-3-5-8-16/h3-5,7-8,10-11,13,18H,6,9,12,14-15H2,1-2H3,(H,22,24)/t18-/m0/s1. The summed E-state index contributed by atoms with van der Waals surface area (Å²) >= 11 is 0. The number of methoxy groups -OCH3 is 2. The molecule has 2 aromatic carbocycles. The molecule has 0 bridgehead atoms. The molecular weight excluding hydrogens is 328 g/mol. The first-order valence-corrected chi connectivity index (χ1v) is 8.98. The van der Waals surface area contributed by atoms with Crippen molar-refractivity contribution < 1.29 is 14.3 Å². The SMILES string of the molecule is COc1ccc(CNC(=O)[C@@H]2CCCN2Cc2ccccc2)cc1OC. The Morgan fingerprint density at radius 1 is 1.08 bits per heavy atom. The van der Waals surface area contributed by atoms with E-state index < -0.39 is 0 Å². The summed E-state index contributed by atoms with van der Waals surface area (Å²) in [5.74, 6) is 1.45. The van der Waals surface area contributed by atoms with Crippen LogP contribution in [0.2, 0.25) is 0 Å². The Bertz CT molecular complexity index is 733. The van der Waals surface area contributed by atoms with E-state index >= 15 is 0 Å². The molecule has 2 aromatic rings. The minimum atomic E-state index is -0.0599. The number of hydrogen-bond donors (Lipinski definition) is 1. The molecule has 0 saturated carbocycles. The van der Waals surface area contributed by atoms with E-state index in [1.807, 2.05) is 36.4 Å². The van der Waals surface area contributed by atoms with Crippen LogP contribution in [-0.4, -0.2) is 37.6 Å². The zero-order valence-electron chi connectivity index (χ0n) is 15.4. The second kappa shape index (κ2) is 8.72. The van der Waals surface area contributed by atoms with E-state index in [0.717, 1.165) is 31.5 Å². The number of carbonyl (C=O) groups excluding carboxylic acids is 1. The molecule has 1 saturated heterocycles. The van der Waals surface area contributed by atoms with Gasteiger partial charge in [-0.05, 0) is 42.6 Å². The third-order valence-electron chi connectivity index (χ3n) is 4.81. The summed E-state index contributed by atoms with van der Waals surface area (Å²) in [6, 6.07) is 15.9. The van der Waals surface area contributed by atoms with Gasteiger partial charge in [0.2, 0.25) is 5.91 Å². The van der Waals surface area contributed by atoms with Crippen LogP contribution in [0.1, 0.15) is 24.0 Å². The molecule has 1 N–H and O–H groups in total. The van der Waals surface area contributed by atoms with E-state index in [4.69, 9.17) is 9.47 Å². The fraction of sp³-hybridized carbons (Fsp3) is 0.381. The van der Waals surface area contributed by atoms with Crippen LogP contribution in [0.25, 0.3) is 0 Å². The molecule has 1 heterocycles. The third kappa shape index (κ3) is 4.35. The van der Waals surface area contributed by atoms with Gasteiger partial charge in [-0.25, -0.2) is 0 Å². The number of benzene rings is 2. The van der Waals surface area contributed by atoms with E-state index in [2.05, 4.69) is 22.3 Å². The lowest BCUT2D eigenvalue weighted by Gasteiger charge is -2.23. The second-order valence-electron chi connectivity index (χ2n) is 6.52. The van der Waals surface area contributed by atoms with Crippen LogP contribution in [0.3, 0.4) is 0 Å². The van der Waals surface area contributed by atoms with E-state index in [1.165, 1.54) is 5.56 Å². The number of nitrogens with one attached hydrogen (secondary N) is 1. The molecule has 5 heteroatoms. The van der Waals surface area contributed by atoms with Gasteiger partial charge in [0, 0.05) is 13.1 Å². The van der Waals surface area contributed by atoms with Crippen molar-refractivity contribution in [3.05, 3.63) is 59.7 Å².